The Morgan fingerprint density at radius 1 is 0.944 bits per heavy atom. The third-order valence-electron chi connectivity index (χ3n) is 4.01. The molecule has 0 radical (unpaired) electrons. The largest absolute Gasteiger partial charge is 0.323 e. The van der Waals surface area contributed by atoms with E-state index in [1.165, 1.54) is 11.1 Å². The molecule has 2 unspecified atom stereocenters. The van der Waals surface area contributed by atoms with E-state index in [1.807, 2.05) is 12.1 Å². The molecule has 2 N–H and O–H groups in total. The smallest absolute Gasteiger partial charge is 0.0390 e. The Morgan fingerprint density at radius 2 is 1.44 bits per heavy atom. The molecule has 0 aliphatic heterocycles. The Labute approximate surface area is 110 Å². The molecule has 2 rings (SSSR count). The van der Waals surface area contributed by atoms with Gasteiger partial charge in [-0.2, -0.15) is 0 Å². The lowest BCUT2D eigenvalue weighted by atomic mass is 9.72. The van der Waals surface area contributed by atoms with Crippen LogP contribution in [-0.4, -0.2) is 0 Å². The number of hydrogen-bond acceptors (Lipinski definition) is 1. The van der Waals surface area contributed by atoms with Crippen molar-refractivity contribution in [3.05, 3.63) is 71.8 Å². The van der Waals surface area contributed by atoms with Crippen LogP contribution in [0.2, 0.25) is 0 Å². The summed E-state index contributed by atoms with van der Waals surface area (Å²) in [6, 6.07) is 20.9. The minimum Gasteiger partial charge on any atom is -0.323 e. The van der Waals surface area contributed by atoms with E-state index < -0.39 is 0 Å². The second-order valence-corrected chi connectivity index (χ2v) is 5.03. The zero-order valence-electron chi connectivity index (χ0n) is 11.1. The molecule has 2 aromatic rings. The van der Waals surface area contributed by atoms with Crippen molar-refractivity contribution in [3.63, 3.8) is 0 Å². The lowest BCUT2D eigenvalue weighted by Gasteiger charge is -2.35. The van der Waals surface area contributed by atoms with Crippen LogP contribution in [0.5, 0.6) is 0 Å². The normalized spacial score (nSPS) is 15.9. The molecule has 0 saturated heterocycles. The van der Waals surface area contributed by atoms with Gasteiger partial charge in [0.25, 0.3) is 0 Å². The van der Waals surface area contributed by atoms with E-state index in [0.29, 0.717) is 0 Å². The van der Waals surface area contributed by atoms with Gasteiger partial charge < -0.3 is 5.73 Å². The van der Waals surface area contributed by atoms with Crippen LogP contribution in [0.4, 0.5) is 0 Å². The Kier molecular flexibility index (Phi) is 3.83. The van der Waals surface area contributed by atoms with Gasteiger partial charge in [-0.25, -0.2) is 0 Å². The summed E-state index contributed by atoms with van der Waals surface area (Å²) < 4.78 is 0. The molecule has 0 fully saturated rings. The summed E-state index contributed by atoms with van der Waals surface area (Å²) in [7, 11) is 0. The zero-order valence-corrected chi connectivity index (χ0v) is 11.1. The molecule has 0 aromatic heterocycles. The summed E-state index contributed by atoms with van der Waals surface area (Å²) in [6.45, 7) is 4.45. The van der Waals surface area contributed by atoms with Crippen LogP contribution in [0.25, 0.3) is 0 Å². The molecule has 0 saturated carbocycles. The second kappa shape index (κ2) is 5.36. The summed E-state index contributed by atoms with van der Waals surface area (Å²) in [5.74, 6) is 0. The Morgan fingerprint density at radius 3 is 1.94 bits per heavy atom. The highest BCUT2D eigenvalue weighted by molar-refractivity contribution is 5.32. The molecule has 1 nitrogen and oxygen atoms in total. The number of rotatable bonds is 4. The zero-order chi connectivity index (χ0) is 13.0. The molecular formula is C17H21N. The van der Waals surface area contributed by atoms with Crippen molar-refractivity contribution < 1.29 is 0 Å². The Balaban J connectivity index is 2.39. The van der Waals surface area contributed by atoms with Gasteiger partial charge in [0, 0.05) is 11.5 Å². The molecule has 0 bridgehead atoms. The fourth-order valence-corrected chi connectivity index (χ4v) is 2.45. The second-order valence-electron chi connectivity index (χ2n) is 5.03. The average molecular weight is 239 g/mol. The lowest BCUT2D eigenvalue weighted by Crippen LogP contribution is -2.35. The third kappa shape index (κ3) is 2.32. The first-order chi connectivity index (χ1) is 8.68. The molecule has 0 aliphatic rings. The summed E-state index contributed by atoms with van der Waals surface area (Å²) in [6.07, 6.45) is 1.02. The summed E-state index contributed by atoms with van der Waals surface area (Å²) >= 11 is 0. The average Bonchev–Trinajstić information content (AvgIpc) is 2.47. The van der Waals surface area contributed by atoms with E-state index in [2.05, 4.69) is 62.4 Å². The van der Waals surface area contributed by atoms with Gasteiger partial charge in [-0.3, -0.25) is 0 Å². The van der Waals surface area contributed by atoms with Gasteiger partial charge in [-0.05, 0) is 17.5 Å². The minimum atomic E-state index is -0.0252. The molecule has 0 amide bonds. The highest BCUT2D eigenvalue weighted by Gasteiger charge is 2.32. The highest BCUT2D eigenvalue weighted by Crippen LogP contribution is 2.38. The van der Waals surface area contributed by atoms with Gasteiger partial charge in [-0.1, -0.05) is 74.5 Å². The Hall–Kier alpha value is -1.60. The molecule has 1 heteroatoms. The molecule has 0 aliphatic carbocycles. The molecule has 18 heavy (non-hydrogen) atoms. The lowest BCUT2D eigenvalue weighted by molar-refractivity contribution is 0.369. The number of hydrogen-bond donors (Lipinski definition) is 1. The predicted molar refractivity (Wildman–Crippen MR) is 77.5 cm³/mol. The topological polar surface area (TPSA) is 26.0 Å². The van der Waals surface area contributed by atoms with Crippen LogP contribution in [0, 0.1) is 0 Å². The van der Waals surface area contributed by atoms with E-state index in [-0.39, 0.29) is 11.5 Å². The maximum absolute atomic E-state index is 6.52. The molecule has 0 heterocycles. The van der Waals surface area contributed by atoms with Crippen LogP contribution < -0.4 is 5.73 Å². The maximum Gasteiger partial charge on any atom is 0.0390 e. The van der Waals surface area contributed by atoms with E-state index in [0.717, 1.165) is 6.42 Å². The van der Waals surface area contributed by atoms with Crippen molar-refractivity contribution in [1.29, 1.82) is 0 Å². The summed E-state index contributed by atoms with van der Waals surface area (Å²) in [4.78, 5) is 0. The fraction of sp³-hybridized carbons (Fsp3) is 0.294. The summed E-state index contributed by atoms with van der Waals surface area (Å²) in [5, 5.41) is 0. The van der Waals surface area contributed by atoms with Crippen LogP contribution in [0.15, 0.2) is 60.7 Å². The van der Waals surface area contributed by atoms with Crippen molar-refractivity contribution in [2.75, 3.05) is 0 Å². The number of nitrogens with two attached hydrogens (primary N) is 1. The van der Waals surface area contributed by atoms with E-state index >= 15 is 0 Å². The quantitative estimate of drug-likeness (QED) is 0.855. The van der Waals surface area contributed by atoms with Gasteiger partial charge in [0.15, 0.2) is 0 Å². The van der Waals surface area contributed by atoms with Crippen LogP contribution >= 0.6 is 0 Å². The van der Waals surface area contributed by atoms with Gasteiger partial charge in [-0.15, -0.1) is 0 Å². The van der Waals surface area contributed by atoms with E-state index in [4.69, 9.17) is 5.73 Å². The van der Waals surface area contributed by atoms with Gasteiger partial charge >= 0.3 is 0 Å². The van der Waals surface area contributed by atoms with Crippen molar-refractivity contribution in [3.8, 4) is 0 Å². The van der Waals surface area contributed by atoms with Crippen molar-refractivity contribution in [2.45, 2.75) is 31.7 Å². The van der Waals surface area contributed by atoms with E-state index in [1.54, 1.807) is 0 Å². The van der Waals surface area contributed by atoms with E-state index in [9.17, 15) is 0 Å². The van der Waals surface area contributed by atoms with Crippen LogP contribution in [0.1, 0.15) is 37.4 Å². The fourth-order valence-electron chi connectivity index (χ4n) is 2.45. The monoisotopic (exact) mass is 239 g/mol. The maximum atomic E-state index is 6.52. The third-order valence-corrected chi connectivity index (χ3v) is 4.01. The number of benzene rings is 2. The first kappa shape index (κ1) is 12.8. The van der Waals surface area contributed by atoms with Crippen LogP contribution in [0.3, 0.4) is 0 Å². The molecular weight excluding hydrogens is 218 g/mol. The van der Waals surface area contributed by atoms with Gasteiger partial charge in [0.05, 0.1) is 0 Å². The standard InChI is InChI=1S/C17H21N/c1-3-17(2,15-12-8-5-9-13-15)16(18)14-10-6-4-7-11-14/h4-13,16H,3,18H2,1-2H3. The van der Waals surface area contributed by atoms with Crippen molar-refractivity contribution >= 4 is 0 Å². The van der Waals surface area contributed by atoms with Gasteiger partial charge in [0.2, 0.25) is 0 Å². The minimum absolute atomic E-state index is 0.0195. The molecule has 0 spiro atoms. The Bertz CT molecular complexity index is 477. The first-order valence-corrected chi connectivity index (χ1v) is 6.54. The van der Waals surface area contributed by atoms with Crippen LogP contribution in [-0.2, 0) is 5.41 Å². The SMILES string of the molecule is CCC(C)(c1ccccc1)C(N)c1ccccc1. The van der Waals surface area contributed by atoms with Crippen molar-refractivity contribution in [2.24, 2.45) is 5.73 Å². The predicted octanol–water partition coefficient (Wildman–Crippen LogP) is 4.05. The first-order valence-electron chi connectivity index (χ1n) is 6.54. The highest BCUT2D eigenvalue weighted by atomic mass is 14.7. The molecule has 2 aromatic carbocycles. The van der Waals surface area contributed by atoms with Gasteiger partial charge in [0.1, 0.15) is 0 Å². The molecule has 2 atom stereocenters. The van der Waals surface area contributed by atoms with Crippen molar-refractivity contribution in [1.82, 2.24) is 0 Å². The summed E-state index contributed by atoms with van der Waals surface area (Å²) in [5.41, 5.74) is 9.00. The molecule has 94 valence electrons.